The molecule has 4 amide bonds. The van der Waals surface area contributed by atoms with Gasteiger partial charge in [0.2, 0.25) is 0 Å². The minimum absolute atomic E-state index is 0.0127. The van der Waals surface area contributed by atoms with Gasteiger partial charge in [-0.3, -0.25) is 43.4 Å². The van der Waals surface area contributed by atoms with Gasteiger partial charge in [-0.15, -0.1) is 11.3 Å². The summed E-state index contributed by atoms with van der Waals surface area (Å²) < 4.78 is 26.9. The SMILES string of the molecule is CCCCC(=O)OCCN1C(=O)c2ccc3c4c(ccc(c24)C1=O)C(=O)N(CCOC(=O)CCCC(=O)OCC1COc2cscc2O1)C3=O. The highest BCUT2D eigenvalue weighted by atomic mass is 32.1. The Morgan fingerprint density at radius 2 is 1.16 bits per heavy atom. The van der Waals surface area contributed by atoms with Crippen molar-refractivity contribution in [2.24, 2.45) is 0 Å². The summed E-state index contributed by atoms with van der Waals surface area (Å²) in [5.74, 6) is -2.81. The predicted octanol–water partition coefficient (Wildman–Crippen LogP) is 3.92. The maximum Gasteiger partial charge on any atom is 0.305 e. The molecule has 0 radical (unpaired) electrons. The molecular formula is C35H34N2O12S. The highest BCUT2D eigenvalue weighted by Crippen LogP contribution is 2.38. The van der Waals surface area contributed by atoms with E-state index in [1.54, 1.807) is 5.38 Å². The fraction of sp³-hybridized carbons (Fsp3) is 0.400. The van der Waals surface area contributed by atoms with Crippen molar-refractivity contribution in [1.29, 1.82) is 0 Å². The molecule has 0 bridgehead atoms. The molecule has 0 N–H and O–H groups in total. The summed E-state index contributed by atoms with van der Waals surface area (Å²) in [6, 6.07) is 5.74. The van der Waals surface area contributed by atoms with Crippen LogP contribution in [0.4, 0.5) is 0 Å². The van der Waals surface area contributed by atoms with Crippen LogP contribution in [-0.2, 0) is 28.6 Å². The van der Waals surface area contributed by atoms with Gasteiger partial charge >= 0.3 is 17.9 Å². The lowest BCUT2D eigenvalue weighted by atomic mass is 9.86. The molecule has 0 saturated heterocycles. The molecule has 14 nitrogen and oxygen atoms in total. The molecule has 1 atom stereocenters. The number of carbonyl (C=O) groups excluding carboxylic acids is 7. The molecule has 15 heteroatoms. The number of thiophene rings is 1. The van der Waals surface area contributed by atoms with Crippen molar-refractivity contribution in [1.82, 2.24) is 9.80 Å². The van der Waals surface area contributed by atoms with Gasteiger partial charge in [0.25, 0.3) is 23.6 Å². The van der Waals surface area contributed by atoms with Crippen LogP contribution in [0.15, 0.2) is 35.0 Å². The smallest absolute Gasteiger partial charge is 0.305 e. The standard InChI is InChI=1S/C35H34N2O12S/c1-2-3-5-27(38)45-14-12-36-32(41)21-8-10-23-31-24(11-9-22(30(21)31)33(36)42)35(44)37(34(23)43)13-15-46-28(39)6-4-7-29(40)48-17-20-16-47-25-18-50-19-26(25)49-20/h8-11,18-20H,2-7,12-17H2,1H3. The highest BCUT2D eigenvalue weighted by Gasteiger charge is 2.39. The summed E-state index contributed by atoms with van der Waals surface area (Å²) >= 11 is 1.44. The van der Waals surface area contributed by atoms with Crippen molar-refractivity contribution in [3.63, 3.8) is 0 Å². The number of carbonyl (C=O) groups is 7. The second kappa shape index (κ2) is 15.1. The van der Waals surface area contributed by atoms with Gasteiger partial charge in [-0.2, -0.15) is 0 Å². The van der Waals surface area contributed by atoms with E-state index < -0.39 is 47.6 Å². The first-order valence-corrected chi connectivity index (χ1v) is 17.3. The zero-order chi connectivity index (χ0) is 35.4. The van der Waals surface area contributed by atoms with E-state index in [1.807, 2.05) is 12.3 Å². The number of fused-ring (bicyclic) bond motifs is 1. The van der Waals surface area contributed by atoms with E-state index in [-0.39, 0.29) is 98.2 Å². The zero-order valence-electron chi connectivity index (χ0n) is 27.2. The van der Waals surface area contributed by atoms with Crippen LogP contribution in [0.1, 0.15) is 86.9 Å². The number of imide groups is 2. The van der Waals surface area contributed by atoms with Crippen molar-refractivity contribution < 1.29 is 57.2 Å². The second-order valence-electron chi connectivity index (χ2n) is 11.8. The molecule has 0 spiro atoms. The van der Waals surface area contributed by atoms with Crippen LogP contribution in [0.5, 0.6) is 11.5 Å². The Balaban J connectivity index is 0.994. The molecule has 1 aromatic heterocycles. The molecule has 262 valence electrons. The predicted molar refractivity (Wildman–Crippen MR) is 175 cm³/mol. The quantitative estimate of drug-likeness (QED) is 0.127. The van der Waals surface area contributed by atoms with Gasteiger partial charge in [-0.05, 0) is 37.1 Å². The molecule has 3 aliphatic heterocycles. The number of amides is 4. The first-order chi connectivity index (χ1) is 24.2. The molecule has 2 aromatic carbocycles. The lowest BCUT2D eigenvalue weighted by Crippen LogP contribution is -2.45. The van der Waals surface area contributed by atoms with Crippen molar-refractivity contribution >= 4 is 63.6 Å². The molecule has 50 heavy (non-hydrogen) atoms. The number of esters is 3. The van der Waals surface area contributed by atoms with Gasteiger partial charge in [0.05, 0.1) is 13.1 Å². The van der Waals surface area contributed by atoms with E-state index in [0.29, 0.717) is 17.9 Å². The molecule has 3 aromatic rings. The summed E-state index contributed by atoms with van der Waals surface area (Å²) in [4.78, 5) is 91.9. The van der Waals surface area contributed by atoms with E-state index in [0.717, 1.165) is 16.2 Å². The lowest BCUT2D eigenvalue weighted by Gasteiger charge is -2.31. The molecule has 0 saturated carbocycles. The number of hydrogen-bond acceptors (Lipinski definition) is 13. The maximum absolute atomic E-state index is 13.5. The molecule has 0 fully saturated rings. The second-order valence-corrected chi connectivity index (χ2v) is 12.6. The van der Waals surface area contributed by atoms with E-state index in [4.69, 9.17) is 23.7 Å². The molecular weight excluding hydrogens is 672 g/mol. The maximum atomic E-state index is 13.5. The van der Waals surface area contributed by atoms with Crippen molar-refractivity contribution in [2.45, 2.75) is 51.6 Å². The summed E-state index contributed by atoms with van der Waals surface area (Å²) in [7, 11) is 0. The summed E-state index contributed by atoms with van der Waals surface area (Å²) in [5.41, 5.74) is 0.560. The third kappa shape index (κ3) is 7.04. The average molecular weight is 707 g/mol. The van der Waals surface area contributed by atoms with Gasteiger partial charge in [-0.1, -0.05) is 13.3 Å². The zero-order valence-corrected chi connectivity index (χ0v) is 28.0. The van der Waals surface area contributed by atoms with Crippen LogP contribution < -0.4 is 9.47 Å². The monoisotopic (exact) mass is 706 g/mol. The third-order valence-electron chi connectivity index (χ3n) is 8.46. The average Bonchev–Trinajstić information content (AvgIpc) is 3.59. The van der Waals surface area contributed by atoms with Crippen LogP contribution in [0.3, 0.4) is 0 Å². The first-order valence-electron chi connectivity index (χ1n) is 16.3. The Bertz CT molecular complexity index is 1810. The largest absolute Gasteiger partial charge is 0.485 e. The van der Waals surface area contributed by atoms with Crippen molar-refractivity contribution in [3.05, 3.63) is 57.3 Å². The van der Waals surface area contributed by atoms with Crippen LogP contribution >= 0.6 is 11.3 Å². The summed E-state index contributed by atoms with van der Waals surface area (Å²) in [6.07, 6.45) is 1.40. The Kier molecular flexibility index (Phi) is 10.4. The molecule has 6 rings (SSSR count). The number of unbranched alkanes of at least 4 members (excludes halogenated alkanes) is 1. The Hall–Kier alpha value is -5.31. The van der Waals surface area contributed by atoms with E-state index in [2.05, 4.69) is 0 Å². The van der Waals surface area contributed by atoms with Gasteiger partial charge in [0.1, 0.15) is 26.4 Å². The van der Waals surface area contributed by atoms with Crippen molar-refractivity contribution in [2.75, 3.05) is 39.5 Å². The Morgan fingerprint density at radius 3 is 1.66 bits per heavy atom. The highest BCUT2D eigenvalue weighted by molar-refractivity contribution is 7.08. The van der Waals surface area contributed by atoms with Crippen LogP contribution in [-0.4, -0.2) is 97.0 Å². The molecule has 0 aliphatic carbocycles. The Labute approximate surface area is 290 Å². The fourth-order valence-corrected chi connectivity index (χ4v) is 6.60. The number of benzene rings is 2. The fourth-order valence-electron chi connectivity index (χ4n) is 5.93. The van der Waals surface area contributed by atoms with E-state index >= 15 is 0 Å². The summed E-state index contributed by atoms with van der Waals surface area (Å²) in [5, 5.41) is 4.05. The first kappa shape index (κ1) is 34.5. The van der Waals surface area contributed by atoms with Gasteiger partial charge in [0, 0.05) is 63.0 Å². The van der Waals surface area contributed by atoms with Crippen LogP contribution in [0.2, 0.25) is 0 Å². The number of rotatable bonds is 15. The van der Waals surface area contributed by atoms with Crippen LogP contribution in [0, 0.1) is 0 Å². The van der Waals surface area contributed by atoms with E-state index in [1.165, 1.54) is 35.6 Å². The van der Waals surface area contributed by atoms with E-state index in [9.17, 15) is 33.6 Å². The van der Waals surface area contributed by atoms with Crippen molar-refractivity contribution in [3.8, 4) is 11.5 Å². The van der Waals surface area contributed by atoms with Gasteiger partial charge in [-0.25, -0.2) is 0 Å². The normalized spacial score (nSPS) is 16.1. The number of ether oxygens (including phenoxy) is 5. The minimum Gasteiger partial charge on any atom is -0.485 e. The van der Waals surface area contributed by atoms with Gasteiger partial charge < -0.3 is 23.7 Å². The number of hydrogen-bond donors (Lipinski definition) is 0. The molecule has 1 unspecified atom stereocenters. The summed E-state index contributed by atoms with van der Waals surface area (Å²) in [6.45, 7) is 1.42. The van der Waals surface area contributed by atoms with Gasteiger partial charge in [0.15, 0.2) is 17.6 Å². The number of nitrogens with zero attached hydrogens (tertiary/aromatic N) is 2. The van der Waals surface area contributed by atoms with Crippen LogP contribution in [0.25, 0.3) is 10.8 Å². The third-order valence-corrected chi connectivity index (χ3v) is 9.16. The Morgan fingerprint density at radius 1 is 0.700 bits per heavy atom. The topological polar surface area (TPSA) is 172 Å². The minimum atomic E-state index is -0.658. The molecule has 3 aliphatic rings. The molecule has 4 heterocycles. The lowest BCUT2D eigenvalue weighted by molar-refractivity contribution is -0.148.